The van der Waals surface area contributed by atoms with E-state index in [2.05, 4.69) is 0 Å². The second-order valence-electron chi connectivity index (χ2n) is 4.71. The van der Waals surface area contributed by atoms with Crippen molar-refractivity contribution in [2.75, 3.05) is 14.1 Å². The minimum atomic E-state index is -0.937. The van der Waals surface area contributed by atoms with E-state index in [0.717, 1.165) is 6.07 Å². The van der Waals surface area contributed by atoms with Gasteiger partial charge in [-0.25, -0.2) is 8.78 Å². The molecule has 0 bridgehead atoms. The molecule has 1 rings (SSSR count). The summed E-state index contributed by atoms with van der Waals surface area (Å²) >= 11 is 0. The van der Waals surface area contributed by atoms with E-state index in [0.29, 0.717) is 6.42 Å². The van der Waals surface area contributed by atoms with Crippen LogP contribution in [0.2, 0.25) is 0 Å². The highest BCUT2D eigenvalue weighted by molar-refractivity contribution is 5.23. The lowest BCUT2D eigenvalue weighted by molar-refractivity contribution is 0.000534. The second kappa shape index (κ2) is 5.10. The van der Waals surface area contributed by atoms with E-state index in [1.165, 1.54) is 12.1 Å². The molecular weight excluding hydrogens is 224 g/mol. The van der Waals surface area contributed by atoms with Gasteiger partial charge in [0.2, 0.25) is 0 Å². The van der Waals surface area contributed by atoms with Crippen LogP contribution in [0.3, 0.4) is 0 Å². The number of hydrogen-bond acceptors (Lipinski definition) is 2. The van der Waals surface area contributed by atoms with Crippen molar-refractivity contribution in [3.05, 3.63) is 35.4 Å². The van der Waals surface area contributed by atoms with Crippen molar-refractivity contribution in [2.24, 2.45) is 0 Å². The van der Waals surface area contributed by atoms with Gasteiger partial charge in [-0.1, -0.05) is 6.92 Å². The predicted octanol–water partition coefficient (Wildman–Crippen LogP) is 2.73. The number of likely N-dealkylation sites (N-methyl/N-ethyl adjacent to an activating group) is 1. The van der Waals surface area contributed by atoms with Crippen LogP contribution in [-0.2, 0) is 0 Å². The molecule has 2 nitrogen and oxygen atoms in total. The van der Waals surface area contributed by atoms with Gasteiger partial charge in [0.25, 0.3) is 0 Å². The highest BCUT2D eigenvalue weighted by Crippen LogP contribution is 2.33. The smallest absolute Gasteiger partial charge is 0.126 e. The summed E-state index contributed by atoms with van der Waals surface area (Å²) in [5.74, 6) is -1.34. The summed E-state index contributed by atoms with van der Waals surface area (Å²) in [7, 11) is 3.67. The molecule has 0 spiro atoms. The first-order valence-corrected chi connectivity index (χ1v) is 5.62. The molecular formula is C13H19F2NO. The lowest BCUT2D eigenvalue weighted by Gasteiger charge is -2.40. The topological polar surface area (TPSA) is 23.5 Å². The summed E-state index contributed by atoms with van der Waals surface area (Å²) < 4.78 is 26.2. The number of benzene rings is 1. The van der Waals surface area contributed by atoms with Crippen LogP contribution in [0, 0.1) is 11.6 Å². The monoisotopic (exact) mass is 243 g/mol. The number of rotatable bonds is 4. The molecule has 1 N–H and O–H groups in total. The molecule has 0 fully saturated rings. The van der Waals surface area contributed by atoms with Gasteiger partial charge in [0.15, 0.2) is 0 Å². The fourth-order valence-corrected chi connectivity index (χ4v) is 1.85. The second-order valence-corrected chi connectivity index (χ2v) is 4.71. The van der Waals surface area contributed by atoms with E-state index in [9.17, 15) is 13.9 Å². The molecule has 0 aliphatic rings. The van der Waals surface area contributed by atoms with Gasteiger partial charge in [0, 0.05) is 11.6 Å². The van der Waals surface area contributed by atoms with E-state index in [4.69, 9.17) is 0 Å². The Labute approximate surface area is 101 Å². The van der Waals surface area contributed by atoms with Crippen molar-refractivity contribution in [3.63, 3.8) is 0 Å². The standard InChI is InChI=1S/C13H19F2NO/c1-5-13(2,16(3)4)12(17)9-6-10(14)8-11(15)7-9/h6-8,12,17H,5H2,1-4H3. The minimum absolute atomic E-state index is 0.264. The fraction of sp³-hybridized carbons (Fsp3) is 0.538. The molecule has 96 valence electrons. The first kappa shape index (κ1) is 14.1. The Balaban J connectivity index is 3.14. The molecule has 0 aliphatic carbocycles. The number of halogens is 2. The van der Waals surface area contributed by atoms with Crippen molar-refractivity contribution >= 4 is 0 Å². The van der Waals surface area contributed by atoms with Crippen molar-refractivity contribution in [3.8, 4) is 0 Å². The van der Waals surface area contributed by atoms with E-state index < -0.39 is 23.3 Å². The molecule has 17 heavy (non-hydrogen) atoms. The molecule has 0 saturated carbocycles. The molecule has 4 heteroatoms. The van der Waals surface area contributed by atoms with Gasteiger partial charge in [0.05, 0.1) is 6.10 Å². The first-order chi connectivity index (χ1) is 7.81. The maximum atomic E-state index is 13.1. The summed E-state index contributed by atoms with van der Waals surface area (Å²) in [6, 6.07) is 3.14. The molecule has 1 aromatic rings. The molecule has 0 saturated heterocycles. The van der Waals surface area contributed by atoms with Crippen LogP contribution < -0.4 is 0 Å². The van der Waals surface area contributed by atoms with Crippen molar-refractivity contribution in [2.45, 2.75) is 31.9 Å². The van der Waals surface area contributed by atoms with Crippen LogP contribution in [0.4, 0.5) is 8.78 Å². The number of aliphatic hydroxyl groups is 1. The van der Waals surface area contributed by atoms with Gasteiger partial charge < -0.3 is 10.0 Å². The maximum Gasteiger partial charge on any atom is 0.126 e. The van der Waals surface area contributed by atoms with Gasteiger partial charge in [-0.05, 0) is 45.1 Å². The third-order valence-corrected chi connectivity index (χ3v) is 3.53. The molecule has 0 aliphatic heterocycles. The van der Waals surface area contributed by atoms with Gasteiger partial charge in [0.1, 0.15) is 11.6 Å². The molecule has 0 radical (unpaired) electrons. The molecule has 0 amide bonds. The molecule has 0 heterocycles. The highest BCUT2D eigenvalue weighted by atomic mass is 19.1. The number of aliphatic hydroxyl groups excluding tert-OH is 1. The van der Waals surface area contributed by atoms with Crippen LogP contribution in [0.15, 0.2) is 18.2 Å². The van der Waals surface area contributed by atoms with E-state index in [-0.39, 0.29) is 5.56 Å². The normalized spacial score (nSPS) is 16.9. The van der Waals surface area contributed by atoms with Gasteiger partial charge >= 0.3 is 0 Å². The van der Waals surface area contributed by atoms with Gasteiger partial charge in [-0.2, -0.15) is 0 Å². The Morgan fingerprint density at radius 1 is 1.24 bits per heavy atom. The van der Waals surface area contributed by atoms with Crippen molar-refractivity contribution in [1.29, 1.82) is 0 Å². The Bertz CT molecular complexity index is 375. The average Bonchev–Trinajstić information content (AvgIpc) is 2.25. The molecule has 0 aromatic heterocycles. The summed E-state index contributed by atoms with van der Waals surface area (Å²) in [4.78, 5) is 1.86. The van der Waals surface area contributed by atoms with E-state index in [1.54, 1.807) is 0 Å². The van der Waals surface area contributed by atoms with Gasteiger partial charge in [-0.15, -0.1) is 0 Å². The summed E-state index contributed by atoms with van der Waals surface area (Å²) in [5.41, 5.74) is -0.291. The lowest BCUT2D eigenvalue weighted by Crippen LogP contribution is -2.46. The molecule has 2 unspecified atom stereocenters. The summed E-state index contributed by atoms with van der Waals surface area (Å²) in [5, 5.41) is 10.3. The van der Waals surface area contributed by atoms with Crippen LogP contribution in [0.5, 0.6) is 0 Å². The number of nitrogens with zero attached hydrogens (tertiary/aromatic N) is 1. The Morgan fingerprint density at radius 3 is 2.06 bits per heavy atom. The summed E-state index contributed by atoms with van der Waals surface area (Å²) in [6.45, 7) is 3.79. The van der Waals surface area contributed by atoms with Gasteiger partial charge in [-0.3, -0.25) is 0 Å². The zero-order valence-electron chi connectivity index (χ0n) is 10.7. The Hall–Kier alpha value is -1.00. The van der Waals surface area contributed by atoms with Crippen LogP contribution >= 0.6 is 0 Å². The van der Waals surface area contributed by atoms with Crippen LogP contribution in [-0.4, -0.2) is 29.6 Å². The quantitative estimate of drug-likeness (QED) is 0.879. The third-order valence-electron chi connectivity index (χ3n) is 3.53. The first-order valence-electron chi connectivity index (χ1n) is 5.62. The summed E-state index contributed by atoms with van der Waals surface area (Å²) in [6.07, 6.45) is -0.271. The van der Waals surface area contributed by atoms with Crippen molar-refractivity contribution < 1.29 is 13.9 Å². The minimum Gasteiger partial charge on any atom is -0.386 e. The average molecular weight is 243 g/mol. The van der Waals surface area contributed by atoms with Crippen LogP contribution in [0.1, 0.15) is 31.9 Å². The largest absolute Gasteiger partial charge is 0.386 e. The Morgan fingerprint density at radius 2 is 1.71 bits per heavy atom. The van der Waals surface area contributed by atoms with E-state index >= 15 is 0 Å². The highest BCUT2D eigenvalue weighted by Gasteiger charge is 2.34. The third kappa shape index (κ3) is 2.82. The van der Waals surface area contributed by atoms with Crippen LogP contribution in [0.25, 0.3) is 0 Å². The van der Waals surface area contributed by atoms with Crippen molar-refractivity contribution in [1.82, 2.24) is 4.90 Å². The Kier molecular flexibility index (Phi) is 4.22. The number of hydrogen-bond donors (Lipinski definition) is 1. The molecule has 2 atom stereocenters. The fourth-order valence-electron chi connectivity index (χ4n) is 1.85. The maximum absolute atomic E-state index is 13.1. The van der Waals surface area contributed by atoms with E-state index in [1.807, 2.05) is 32.8 Å². The molecule has 1 aromatic carbocycles. The lowest BCUT2D eigenvalue weighted by atomic mass is 9.86. The zero-order chi connectivity index (χ0) is 13.2. The zero-order valence-corrected chi connectivity index (χ0v) is 10.7. The predicted molar refractivity (Wildman–Crippen MR) is 63.7 cm³/mol. The SMILES string of the molecule is CCC(C)(C(O)c1cc(F)cc(F)c1)N(C)C.